The molecule has 1 amide bonds. The van der Waals surface area contributed by atoms with Gasteiger partial charge in [-0.2, -0.15) is 0 Å². The molecule has 1 heterocycles. The van der Waals surface area contributed by atoms with Crippen molar-refractivity contribution in [2.75, 3.05) is 45.1 Å². The van der Waals surface area contributed by atoms with Crippen LogP contribution in [0.1, 0.15) is 12.5 Å². The van der Waals surface area contributed by atoms with Crippen molar-refractivity contribution in [1.82, 2.24) is 9.80 Å². The van der Waals surface area contributed by atoms with E-state index in [2.05, 4.69) is 17.0 Å². The van der Waals surface area contributed by atoms with Gasteiger partial charge in [0.05, 0.1) is 6.61 Å². The molecule has 0 spiro atoms. The minimum atomic E-state index is -0.189. The molecule has 0 bridgehead atoms. The van der Waals surface area contributed by atoms with E-state index in [9.17, 15) is 4.79 Å². The number of carbonyl (C=O) groups excluding carboxylic acids is 1. The molecule has 1 aliphatic rings. The maximum atomic E-state index is 11.6. The quantitative estimate of drug-likeness (QED) is 0.849. The molecule has 1 aromatic rings. The van der Waals surface area contributed by atoms with E-state index in [1.165, 1.54) is 5.56 Å². The van der Waals surface area contributed by atoms with Gasteiger partial charge < -0.3 is 15.4 Å². The predicted molar refractivity (Wildman–Crippen MR) is 79.6 cm³/mol. The lowest BCUT2D eigenvalue weighted by molar-refractivity contribution is 0.0799. The van der Waals surface area contributed by atoms with Crippen LogP contribution in [0.2, 0.25) is 0 Å². The molecule has 2 rings (SSSR count). The highest BCUT2D eigenvalue weighted by Gasteiger charge is 2.21. The lowest BCUT2D eigenvalue weighted by Gasteiger charge is -2.34. The normalized spacial score (nSPS) is 16.1. The molecule has 1 aromatic carbocycles. The van der Waals surface area contributed by atoms with Crippen molar-refractivity contribution in [3.05, 3.63) is 29.8 Å². The van der Waals surface area contributed by atoms with E-state index in [4.69, 9.17) is 10.5 Å². The van der Waals surface area contributed by atoms with Gasteiger partial charge >= 0.3 is 6.09 Å². The van der Waals surface area contributed by atoms with E-state index in [1.54, 1.807) is 4.90 Å². The Morgan fingerprint density at radius 3 is 2.45 bits per heavy atom. The first kappa shape index (κ1) is 14.7. The van der Waals surface area contributed by atoms with Gasteiger partial charge in [-0.05, 0) is 31.0 Å². The molecule has 0 saturated carbocycles. The minimum Gasteiger partial charge on any atom is -0.450 e. The molecule has 110 valence electrons. The van der Waals surface area contributed by atoms with Gasteiger partial charge in [0.25, 0.3) is 0 Å². The van der Waals surface area contributed by atoms with Gasteiger partial charge in [-0.1, -0.05) is 12.1 Å². The van der Waals surface area contributed by atoms with Crippen molar-refractivity contribution in [2.24, 2.45) is 0 Å². The van der Waals surface area contributed by atoms with Crippen molar-refractivity contribution >= 4 is 11.8 Å². The van der Waals surface area contributed by atoms with Crippen molar-refractivity contribution < 1.29 is 9.53 Å². The van der Waals surface area contributed by atoms with Crippen LogP contribution in [0.15, 0.2) is 24.3 Å². The van der Waals surface area contributed by atoms with Crippen LogP contribution >= 0.6 is 0 Å². The van der Waals surface area contributed by atoms with Crippen LogP contribution in [-0.2, 0) is 11.2 Å². The maximum absolute atomic E-state index is 11.6. The molecule has 5 heteroatoms. The number of nitrogen functional groups attached to an aromatic ring is 1. The molecule has 0 atom stereocenters. The first-order chi connectivity index (χ1) is 9.69. The zero-order chi connectivity index (χ0) is 14.4. The topological polar surface area (TPSA) is 58.8 Å². The summed E-state index contributed by atoms with van der Waals surface area (Å²) in [6.07, 6.45) is 0.824. The van der Waals surface area contributed by atoms with E-state index in [-0.39, 0.29) is 6.09 Å². The lowest BCUT2D eigenvalue weighted by atomic mass is 10.1. The van der Waals surface area contributed by atoms with Crippen LogP contribution in [0.4, 0.5) is 10.5 Å². The Morgan fingerprint density at radius 1 is 1.20 bits per heavy atom. The van der Waals surface area contributed by atoms with Gasteiger partial charge in [-0.3, -0.25) is 4.90 Å². The number of amides is 1. The summed E-state index contributed by atoms with van der Waals surface area (Å²) in [4.78, 5) is 15.8. The van der Waals surface area contributed by atoms with Crippen LogP contribution in [0.25, 0.3) is 0 Å². The Kier molecular flexibility index (Phi) is 5.24. The van der Waals surface area contributed by atoms with E-state index < -0.39 is 0 Å². The Bertz CT molecular complexity index is 425. The summed E-state index contributed by atoms with van der Waals surface area (Å²) in [5.41, 5.74) is 7.77. The number of hydrogen-bond acceptors (Lipinski definition) is 4. The molecule has 20 heavy (non-hydrogen) atoms. The molecule has 0 aromatic heterocycles. The number of ether oxygens (including phenoxy) is 1. The number of piperazine rings is 1. The Balaban J connectivity index is 1.72. The first-order valence-electron chi connectivity index (χ1n) is 7.17. The van der Waals surface area contributed by atoms with Crippen molar-refractivity contribution in [3.8, 4) is 0 Å². The van der Waals surface area contributed by atoms with Gasteiger partial charge in [0.2, 0.25) is 0 Å². The molecule has 2 N–H and O–H groups in total. The second-order valence-corrected chi connectivity index (χ2v) is 5.02. The fourth-order valence-corrected chi connectivity index (χ4v) is 2.34. The zero-order valence-corrected chi connectivity index (χ0v) is 12.0. The SMILES string of the molecule is CCOC(=O)N1CCN(CCc2ccc(N)cc2)CC1. The molecule has 1 saturated heterocycles. The molecule has 1 aliphatic heterocycles. The third-order valence-corrected chi connectivity index (χ3v) is 3.59. The van der Waals surface area contributed by atoms with E-state index >= 15 is 0 Å². The average molecular weight is 277 g/mol. The van der Waals surface area contributed by atoms with E-state index in [0.717, 1.165) is 44.8 Å². The summed E-state index contributed by atoms with van der Waals surface area (Å²) < 4.78 is 5.01. The predicted octanol–water partition coefficient (Wildman–Crippen LogP) is 1.59. The van der Waals surface area contributed by atoms with Gasteiger partial charge in [-0.25, -0.2) is 4.79 Å². The van der Waals surface area contributed by atoms with E-state index in [1.807, 2.05) is 19.1 Å². The summed E-state index contributed by atoms with van der Waals surface area (Å²) in [7, 11) is 0. The Labute approximate surface area is 120 Å². The minimum absolute atomic E-state index is 0.189. The molecular weight excluding hydrogens is 254 g/mol. The molecular formula is C15H23N3O2. The fraction of sp³-hybridized carbons (Fsp3) is 0.533. The summed E-state index contributed by atoms with van der Waals surface area (Å²) in [6.45, 7) is 6.61. The molecule has 0 aliphatic carbocycles. The largest absolute Gasteiger partial charge is 0.450 e. The second-order valence-electron chi connectivity index (χ2n) is 5.02. The van der Waals surface area contributed by atoms with Crippen molar-refractivity contribution in [2.45, 2.75) is 13.3 Å². The van der Waals surface area contributed by atoms with Crippen molar-refractivity contribution in [3.63, 3.8) is 0 Å². The first-order valence-corrected chi connectivity index (χ1v) is 7.17. The van der Waals surface area contributed by atoms with Gasteiger partial charge in [0.1, 0.15) is 0 Å². The summed E-state index contributed by atoms with van der Waals surface area (Å²) >= 11 is 0. The molecule has 5 nitrogen and oxygen atoms in total. The van der Waals surface area contributed by atoms with Gasteiger partial charge in [0.15, 0.2) is 0 Å². The number of benzene rings is 1. The lowest BCUT2D eigenvalue weighted by Crippen LogP contribution is -2.49. The molecule has 0 radical (unpaired) electrons. The highest BCUT2D eigenvalue weighted by atomic mass is 16.6. The zero-order valence-electron chi connectivity index (χ0n) is 12.0. The summed E-state index contributed by atoms with van der Waals surface area (Å²) in [5, 5.41) is 0. The van der Waals surface area contributed by atoms with Gasteiger partial charge in [-0.15, -0.1) is 0 Å². The Morgan fingerprint density at radius 2 is 1.85 bits per heavy atom. The number of nitrogens with two attached hydrogens (primary N) is 1. The third kappa shape index (κ3) is 4.13. The fourth-order valence-electron chi connectivity index (χ4n) is 2.34. The van der Waals surface area contributed by atoms with E-state index in [0.29, 0.717) is 6.61 Å². The highest BCUT2D eigenvalue weighted by Crippen LogP contribution is 2.09. The maximum Gasteiger partial charge on any atom is 0.409 e. The van der Waals surface area contributed by atoms with Crippen LogP contribution in [0, 0.1) is 0 Å². The van der Waals surface area contributed by atoms with Gasteiger partial charge in [0, 0.05) is 38.4 Å². The Hall–Kier alpha value is -1.75. The number of carbonyl (C=O) groups is 1. The number of hydrogen-bond donors (Lipinski definition) is 1. The number of nitrogens with zero attached hydrogens (tertiary/aromatic N) is 2. The number of anilines is 1. The summed E-state index contributed by atoms with van der Waals surface area (Å²) in [5.74, 6) is 0. The highest BCUT2D eigenvalue weighted by molar-refractivity contribution is 5.67. The molecule has 0 unspecified atom stereocenters. The van der Waals surface area contributed by atoms with Crippen LogP contribution in [-0.4, -0.2) is 55.2 Å². The molecule has 1 fully saturated rings. The van der Waals surface area contributed by atoms with Crippen molar-refractivity contribution in [1.29, 1.82) is 0 Å². The van der Waals surface area contributed by atoms with Crippen LogP contribution in [0.5, 0.6) is 0 Å². The number of rotatable bonds is 4. The standard InChI is InChI=1S/C15H23N3O2/c1-2-20-15(19)18-11-9-17(10-12-18)8-7-13-3-5-14(16)6-4-13/h3-6H,2,7-12,16H2,1H3. The smallest absolute Gasteiger partial charge is 0.409 e. The summed E-state index contributed by atoms with van der Waals surface area (Å²) in [6, 6.07) is 8.02. The average Bonchev–Trinajstić information content (AvgIpc) is 2.47. The van der Waals surface area contributed by atoms with Crippen LogP contribution < -0.4 is 5.73 Å². The third-order valence-electron chi connectivity index (χ3n) is 3.59. The van der Waals surface area contributed by atoms with Crippen LogP contribution in [0.3, 0.4) is 0 Å². The second kappa shape index (κ2) is 7.14. The monoisotopic (exact) mass is 277 g/mol.